The Kier molecular flexibility index (Phi) is 2.79. The molecule has 3 atom stereocenters. The smallest absolute Gasteiger partial charge is 0.128 e. The lowest BCUT2D eigenvalue weighted by molar-refractivity contribution is -0.117. The number of hydrogen-bond acceptors (Lipinski definition) is 3. The fraction of sp³-hybridized carbons (Fsp3) is 0.625. The average Bonchev–Trinajstić information content (AvgIpc) is 2.12. The molecule has 0 radical (unpaired) electrons. The van der Waals surface area contributed by atoms with Crippen molar-refractivity contribution < 1.29 is 15.0 Å². The molecule has 2 N–H and O–H groups in total. The van der Waals surface area contributed by atoms with E-state index in [0.29, 0.717) is 12.7 Å². The van der Waals surface area contributed by atoms with Crippen LogP contribution in [0.15, 0.2) is 12.2 Å². The van der Waals surface area contributed by atoms with Crippen LogP contribution in [0, 0.1) is 5.92 Å². The highest BCUT2D eigenvalue weighted by molar-refractivity contribution is 5.56. The molecule has 1 rings (SSSR count). The summed E-state index contributed by atoms with van der Waals surface area (Å²) in [7, 11) is 0. The van der Waals surface area contributed by atoms with Gasteiger partial charge < -0.3 is 15.0 Å². The first-order valence-corrected chi connectivity index (χ1v) is 3.74. The number of aliphatic hydroxyl groups is 2. The SMILES string of the molecule is O=CC1C(O)C=CCCC1O. The number of rotatable bonds is 1. The fourth-order valence-corrected chi connectivity index (χ4v) is 1.22. The molecule has 0 aromatic carbocycles. The lowest BCUT2D eigenvalue weighted by Gasteiger charge is -2.17. The summed E-state index contributed by atoms with van der Waals surface area (Å²) < 4.78 is 0. The normalized spacial score (nSPS) is 38.2. The Morgan fingerprint density at radius 2 is 2.18 bits per heavy atom. The van der Waals surface area contributed by atoms with Crippen LogP contribution >= 0.6 is 0 Å². The summed E-state index contributed by atoms with van der Waals surface area (Å²) in [4.78, 5) is 10.4. The maximum absolute atomic E-state index is 10.4. The minimum absolute atomic E-state index is 0.553. The van der Waals surface area contributed by atoms with Gasteiger partial charge in [-0.2, -0.15) is 0 Å². The molecule has 62 valence electrons. The van der Waals surface area contributed by atoms with E-state index in [1.807, 2.05) is 0 Å². The fourth-order valence-electron chi connectivity index (χ4n) is 1.22. The Labute approximate surface area is 65.3 Å². The van der Waals surface area contributed by atoms with E-state index < -0.39 is 18.1 Å². The van der Waals surface area contributed by atoms with Gasteiger partial charge in [-0.05, 0) is 12.8 Å². The Morgan fingerprint density at radius 3 is 2.82 bits per heavy atom. The molecule has 11 heavy (non-hydrogen) atoms. The van der Waals surface area contributed by atoms with Crippen LogP contribution in [-0.2, 0) is 4.79 Å². The van der Waals surface area contributed by atoms with Crippen molar-refractivity contribution in [1.29, 1.82) is 0 Å². The van der Waals surface area contributed by atoms with E-state index in [0.717, 1.165) is 6.42 Å². The van der Waals surface area contributed by atoms with Crippen molar-refractivity contribution in [3.8, 4) is 0 Å². The van der Waals surface area contributed by atoms with Gasteiger partial charge in [0.15, 0.2) is 0 Å². The van der Waals surface area contributed by atoms with Gasteiger partial charge in [0.2, 0.25) is 0 Å². The zero-order valence-corrected chi connectivity index (χ0v) is 6.18. The van der Waals surface area contributed by atoms with Crippen LogP contribution in [0.3, 0.4) is 0 Å². The zero-order valence-electron chi connectivity index (χ0n) is 6.18. The predicted molar refractivity (Wildman–Crippen MR) is 39.9 cm³/mol. The van der Waals surface area contributed by atoms with Crippen LogP contribution < -0.4 is 0 Å². The summed E-state index contributed by atoms with van der Waals surface area (Å²) in [5.74, 6) is -0.645. The first-order valence-electron chi connectivity index (χ1n) is 3.74. The Hall–Kier alpha value is -0.670. The van der Waals surface area contributed by atoms with Gasteiger partial charge in [0.25, 0.3) is 0 Å². The van der Waals surface area contributed by atoms with Gasteiger partial charge >= 0.3 is 0 Å². The molecule has 1 aliphatic rings. The quantitative estimate of drug-likeness (QED) is 0.411. The number of carbonyl (C=O) groups is 1. The van der Waals surface area contributed by atoms with Gasteiger partial charge in [-0.3, -0.25) is 0 Å². The molecule has 0 saturated heterocycles. The van der Waals surface area contributed by atoms with E-state index in [1.54, 1.807) is 12.2 Å². The Bertz CT molecular complexity index is 165. The molecular weight excluding hydrogens is 144 g/mol. The second-order valence-corrected chi connectivity index (χ2v) is 2.78. The van der Waals surface area contributed by atoms with Crippen LogP contribution in [0.5, 0.6) is 0 Å². The highest BCUT2D eigenvalue weighted by Crippen LogP contribution is 2.17. The maximum Gasteiger partial charge on any atom is 0.128 e. The van der Waals surface area contributed by atoms with E-state index >= 15 is 0 Å². The average molecular weight is 156 g/mol. The minimum atomic E-state index is -0.815. The summed E-state index contributed by atoms with van der Waals surface area (Å²) >= 11 is 0. The van der Waals surface area contributed by atoms with E-state index in [1.165, 1.54) is 0 Å². The van der Waals surface area contributed by atoms with Crippen molar-refractivity contribution in [1.82, 2.24) is 0 Å². The molecular formula is C8H12O3. The highest BCUT2D eigenvalue weighted by atomic mass is 16.3. The number of aliphatic hydroxyl groups excluding tert-OH is 2. The molecule has 0 heterocycles. The predicted octanol–water partition coefficient (Wildman–Crippen LogP) is -0.127. The van der Waals surface area contributed by atoms with Crippen LogP contribution in [-0.4, -0.2) is 28.7 Å². The molecule has 1 aliphatic carbocycles. The van der Waals surface area contributed by atoms with Crippen molar-refractivity contribution in [2.24, 2.45) is 5.92 Å². The van der Waals surface area contributed by atoms with Crippen molar-refractivity contribution >= 4 is 6.29 Å². The van der Waals surface area contributed by atoms with Gasteiger partial charge in [-0.15, -0.1) is 0 Å². The molecule has 0 fully saturated rings. The molecule has 0 aliphatic heterocycles. The third-order valence-electron chi connectivity index (χ3n) is 1.96. The van der Waals surface area contributed by atoms with E-state index in [9.17, 15) is 15.0 Å². The second-order valence-electron chi connectivity index (χ2n) is 2.78. The summed E-state index contributed by atoms with van der Waals surface area (Å²) in [6, 6.07) is 0. The van der Waals surface area contributed by atoms with E-state index in [-0.39, 0.29) is 0 Å². The van der Waals surface area contributed by atoms with Crippen molar-refractivity contribution in [2.45, 2.75) is 25.0 Å². The number of hydrogen-bond donors (Lipinski definition) is 2. The van der Waals surface area contributed by atoms with Crippen molar-refractivity contribution in [2.75, 3.05) is 0 Å². The van der Waals surface area contributed by atoms with Gasteiger partial charge in [-0.1, -0.05) is 12.2 Å². The number of allylic oxidation sites excluding steroid dienone is 1. The van der Waals surface area contributed by atoms with Crippen LogP contribution in [0.2, 0.25) is 0 Å². The van der Waals surface area contributed by atoms with Gasteiger partial charge in [0, 0.05) is 0 Å². The largest absolute Gasteiger partial charge is 0.392 e. The summed E-state index contributed by atoms with van der Waals surface area (Å²) in [5, 5.41) is 18.5. The first kappa shape index (κ1) is 8.43. The summed E-state index contributed by atoms with van der Waals surface area (Å²) in [6.07, 6.45) is 3.74. The monoisotopic (exact) mass is 156 g/mol. The molecule has 0 amide bonds. The van der Waals surface area contributed by atoms with Crippen molar-refractivity contribution in [3.63, 3.8) is 0 Å². The Morgan fingerprint density at radius 1 is 1.45 bits per heavy atom. The molecule has 0 bridgehead atoms. The molecule has 0 aromatic heterocycles. The molecule has 3 nitrogen and oxygen atoms in total. The zero-order chi connectivity index (χ0) is 8.27. The third kappa shape index (κ3) is 1.88. The third-order valence-corrected chi connectivity index (χ3v) is 1.96. The molecule has 3 heteroatoms. The topological polar surface area (TPSA) is 57.5 Å². The van der Waals surface area contributed by atoms with Gasteiger partial charge in [0.1, 0.15) is 6.29 Å². The Balaban J connectivity index is 2.68. The van der Waals surface area contributed by atoms with E-state index in [2.05, 4.69) is 0 Å². The number of aldehydes is 1. The van der Waals surface area contributed by atoms with E-state index in [4.69, 9.17) is 0 Å². The summed E-state index contributed by atoms with van der Waals surface area (Å²) in [6.45, 7) is 0. The summed E-state index contributed by atoms with van der Waals surface area (Å²) in [5.41, 5.74) is 0. The molecule has 3 unspecified atom stereocenters. The minimum Gasteiger partial charge on any atom is -0.392 e. The standard InChI is InChI=1S/C8H12O3/c9-5-6-7(10)3-1-2-4-8(6)11/h1,3,5-8,10-11H,2,4H2. The lowest BCUT2D eigenvalue weighted by Crippen LogP contribution is -2.30. The van der Waals surface area contributed by atoms with Crippen LogP contribution in [0.25, 0.3) is 0 Å². The lowest BCUT2D eigenvalue weighted by atomic mass is 9.97. The second kappa shape index (κ2) is 3.64. The maximum atomic E-state index is 10.4. The molecule has 0 saturated carbocycles. The first-order chi connectivity index (χ1) is 5.25. The van der Waals surface area contributed by atoms with Gasteiger partial charge in [-0.25, -0.2) is 0 Å². The van der Waals surface area contributed by atoms with Gasteiger partial charge in [0.05, 0.1) is 18.1 Å². The number of carbonyl (C=O) groups excluding carboxylic acids is 1. The highest BCUT2D eigenvalue weighted by Gasteiger charge is 2.25. The van der Waals surface area contributed by atoms with Crippen LogP contribution in [0.4, 0.5) is 0 Å². The molecule has 0 aromatic rings. The van der Waals surface area contributed by atoms with Crippen LogP contribution in [0.1, 0.15) is 12.8 Å². The van der Waals surface area contributed by atoms with Crippen molar-refractivity contribution in [3.05, 3.63) is 12.2 Å². The molecule has 0 spiro atoms.